The molecule has 1 fully saturated rings. The smallest absolute Gasteiger partial charge is 0.219 e. The SMILES string of the molecule is CCNC(=NCC(C)c1ccccc1)NCCN1CCN(C(C)=O)CC1. The number of hydrogen-bond donors (Lipinski definition) is 2. The van der Waals surface area contributed by atoms with Crippen molar-refractivity contribution in [2.24, 2.45) is 4.99 Å². The summed E-state index contributed by atoms with van der Waals surface area (Å²) in [5.74, 6) is 1.45. The zero-order valence-electron chi connectivity index (χ0n) is 16.4. The van der Waals surface area contributed by atoms with Crippen LogP contribution in [0.1, 0.15) is 32.3 Å². The van der Waals surface area contributed by atoms with Crippen LogP contribution in [0.4, 0.5) is 0 Å². The molecule has 0 aromatic heterocycles. The minimum absolute atomic E-state index is 0.178. The van der Waals surface area contributed by atoms with Gasteiger partial charge in [0.2, 0.25) is 5.91 Å². The first kappa shape index (κ1) is 20.2. The molecule has 1 aromatic carbocycles. The fourth-order valence-corrected chi connectivity index (χ4v) is 3.08. The lowest BCUT2D eigenvalue weighted by Gasteiger charge is -2.34. The largest absolute Gasteiger partial charge is 0.357 e. The lowest BCUT2D eigenvalue weighted by molar-refractivity contribution is -0.130. The van der Waals surface area contributed by atoms with Crippen LogP contribution in [0, 0.1) is 0 Å². The summed E-state index contributed by atoms with van der Waals surface area (Å²) in [6.45, 7) is 12.9. The Kier molecular flexibility index (Phi) is 8.41. The van der Waals surface area contributed by atoms with E-state index >= 15 is 0 Å². The zero-order valence-corrected chi connectivity index (χ0v) is 16.4. The van der Waals surface area contributed by atoms with Gasteiger partial charge < -0.3 is 15.5 Å². The van der Waals surface area contributed by atoms with Crippen LogP contribution in [0.2, 0.25) is 0 Å². The Morgan fingerprint density at radius 1 is 1.15 bits per heavy atom. The van der Waals surface area contributed by atoms with Crippen molar-refractivity contribution in [3.8, 4) is 0 Å². The summed E-state index contributed by atoms with van der Waals surface area (Å²) in [6, 6.07) is 10.5. The summed E-state index contributed by atoms with van der Waals surface area (Å²) >= 11 is 0. The molecule has 0 spiro atoms. The van der Waals surface area contributed by atoms with Crippen molar-refractivity contribution in [2.75, 3.05) is 52.4 Å². The summed E-state index contributed by atoms with van der Waals surface area (Å²) in [7, 11) is 0. The molecule has 0 radical (unpaired) electrons. The Morgan fingerprint density at radius 3 is 2.46 bits per heavy atom. The van der Waals surface area contributed by atoms with E-state index in [0.717, 1.165) is 58.3 Å². The standard InChI is InChI=1S/C20H33N5O/c1-4-21-20(23-16-17(2)19-8-6-5-7-9-19)22-10-11-24-12-14-25(15-13-24)18(3)26/h5-9,17H,4,10-16H2,1-3H3,(H2,21,22,23). The second kappa shape index (κ2) is 10.8. The molecule has 0 saturated carbocycles. The van der Waals surface area contributed by atoms with Crippen LogP contribution in [-0.2, 0) is 4.79 Å². The Balaban J connectivity index is 1.74. The molecule has 1 amide bonds. The first-order chi connectivity index (χ1) is 12.6. The first-order valence-corrected chi connectivity index (χ1v) is 9.65. The summed E-state index contributed by atoms with van der Waals surface area (Å²) in [6.07, 6.45) is 0. The lowest BCUT2D eigenvalue weighted by atomic mass is 10.0. The molecule has 1 aliphatic rings. The van der Waals surface area contributed by atoms with Gasteiger partial charge in [0.15, 0.2) is 5.96 Å². The highest BCUT2D eigenvalue weighted by atomic mass is 16.2. The highest BCUT2D eigenvalue weighted by Gasteiger charge is 2.17. The number of benzene rings is 1. The molecule has 144 valence electrons. The van der Waals surface area contributed by atoms with E-state index in [1.807, 2.05) is 11.0 Å². The van der Waals surface area contributed by atoms with Gasteiger partial charge in [0, 0.05) is 65.2 Å². The number of nitrogens with zero attached hydrogens (tertiary/aromatic N) is 3. The molecular weight excluding hydrogens is 326 g/mol. The molecule has 1 heterocycles. The van der Waals surface area contributed by atoms with Crippen molar-refractivity contribution < 1.29 is 4.79 Å². The Morgan fingerprint density at radius 2 is 1.85 bits per heavy atom. The van der Waals surface area contributed by atoms with Crippen molar-refractivity contribution in [3.05, 3.63) is 35.9 Å². The molecule has 1 aromatic rings. The van der Waals surface area contributed by atoms with Crippen molar-refractivity contribution >= 4 is 11.9 Å². The molecule has 1 unspecified atom stereocenters. The van der Waals surface area contributed by atoms with Gasteiger partial charge in [-0.1, -0.05) is 37.3 Å². The van der Waals surface area contributed by atoms with E-state index in [4.69, 9.17) is 4.99 Å². The molecule has 6 heteroatoms. The number of carbonyl (C=O) groups is 1. The van der Waals surface area contributed by atoms with Gasteiger partial charge in [-0.15, -0.1) is 0 Å². The van der Waals surface area contributed by atoms with E-state index in [1.165, 1.54) is 5.56 Å². The monoisotopic (exact) mass is 359 g/mol. The molecule has 0 bridgehead atoms. The maximum Gasteiger partial charge on any atom is 0.219 e. The van der Waals surface area contributed by atoms with Gasteiger partial charge in [0.25, 0.3) is 0 Å². The van der Waals surface area contributed by atoms with Crippen molar-refractivity contribution in [3.63, 3.8) is 0 Å². The predicted octanol–water partition coefficient (Wildman–Crippen LogP) is 1.51. The number of carbonyl (C=O) groups excluding carboxylic acids is 1. The van der Waals surface area contributed by atoms with Crippen LogP contribution in [0.3, 0.4) is 0 Å². The Labute approximate surface area is 157 Å². The summed E-state index contributed by atoms with van der Waals surface area (Å²) in [4.78, 5) is 20.4. The predicted molar refractivity (Wildman–Crippen MR) is 108 cm³/mol. The number of aliphatic imine (C=N–C) groups is 1. The quantitative estimate of drug-likeness (QED) is 0.572. The molecule has 1 atom stereocenters. The molecule has 26 heavy (non-hydrogen) atoms. The Hall–Kier alpha value is -2.08. The van der Waals surface area contributed by atoms with Crippen LogP contribution < -0.4 is 10.6 Å². The maximum atomic E-state index is 11.4. The average Bonchev–Trinajstić information content (AvgIpc) is 2.67. The average molecular weight is 360 g/mol. The third-order valence-corrected chi connectivity index (χ3v) is 4.77. The molecule has 0 aliphatic carbocycles. The van der Waals surface area contributed by atoms with E-state index in [-0.39, 0.29) is 5.91 Å². The van der Waals surface area contributed by atoms with Crippen LogP contribution >= 0.6 is 0 Å². The van der Waals surface area contributed by atoms with Gasteiger partial charge in [-0.3, -0.25) is 14.7 Å². The van der Waals surface area contributed by atoms with Gasteiger partial charge in [-0.2, -0.15) is 0 Å². The summed E-state index contributed by atoms with van der Waals surface area (Å²) in [5, 5.41) is 6.74. The lowest BCUT2D eigenvalue weighted by Crippen LogP contribution is -2.50. The van der Waals surface area contributed by atoms with Crippen molar-refractivity contribution in [1.82, 2.24) is 20.4 Å². The highest BCUT2D eigenvalue weighted by molar-refractivity contribution is 5.79. The van der Waals surface area contributed by atoms with E-state index < -0.39 is 0 Å². The second-order valence-corrected chi connectivity index (χ2v) is 6.81. The van der Waals surface area contributed by atoms with Crippen LogP contribution in [0.25, 0.3) is 0 Å². The van der Waals surface area contributed by atoms with Gasteiger partial charge in [-0.25, -0.2) is 0 Å². The number of guanidine groups is 1. The highest BCUT2D eigenvalue weighted by Crippen LogP contribution is 2.14. The van der Waals surface area contributed by atoms with Crippen LogP contribution in [0.5, 0.6) is 0 Å². The van der Waals surface area contributed by atoms with Crippen LogP contribution in [0.15, 0.2) is 35.3 Å². The van der Waals surface area contributed by atoms with Gasteiger partial charge >= 0.3 is 0 Å². The van der Waals surface area contributed by atoms with Crippen molar-refractivity contribution in [2.45, 2.75) is 26.7 Å². The minimum atomic E-state index is 0.178. The van der Waals surface area contributed by atoms with Gasteiger partial charge in [0.1, 0.15) is 0 Å². The number of hydrogen-bond acceptors (Lipinski definition) is 3. The van der Waals surface area contributed by atoms with E-state index in [9.17, 15) is 4.79 Å². The topological polar surface area (TPSA) is 60.0 Å². The number of nitrogens with one attached hydrogen (secondary N) is 2. The normalized spacial score (nSPS) is 17.0. The Bertz CT molecular complexity index is 567. The molecule has 2 rings (SSSR count). The number of amides is 1. The zero-order chi connectivity index (χ0) is 18.8. The second-order valence-electron chi connectivity index (χ2n) is 6.81. The maximum absolute atomic E-state index is 11.4. The molecule has 2 N–H and O–H groups in total. The fraction of sp³-hybridized carbons (Fsp3) is 0.600. The van der Waals surface area contributed by atoms with Crippen LogP contribution in [-0.4, -0.2) is 74.0 Å². The molecule has 6 nitrogen and oxygen atoms in total. The third-order valence-electron chi connectivity index (χ3n) is 4.77. The van der Waals surface area contributed by atoms with Gasteiger partial charge in [-0.05, 0) is 12.5 Å². The summed E-state index contributed by atoms with van der Waals surface area (Å²) in [5.41, 5.74) is 1.32. The molecule has 1 saturated heterocycles. The number of rotatable bonds is 7. The first-order valence-electron chi connectivity index (χ1n) is 9.65. The molecule has 1 aliphatic heterocycles. The minimum Gasteiger partial charge on any atom is -0.357 e. The van der Waals surface area contributed by atoms with E-state index in [0.29, 0.717) is 5.92 Å². The fourth-order valence-electron chi connectivity index (χ4n) is 3.08. The molecular formula is C20H33N5O. The summed E-state index contributed by atoms with van der Waals surface area (Å²) < 4.78 is 0. The third kappa shape index (κ3) is 6.67. The van der Waals surface area contributed by atoms with E-state index in [1.54, 1.807) is 6.92 Å². The number of piperazine rings is 1. The van der Waals surface area contributed by atoms with E-state index in [2.05, 4.69) is 53.6 Å². The van der Waals surface area contributed by atoms with Gasteiger partial charge in [0.05, 0.1) is 0 Å². The van der Waals surface area contributed by atoms with Crippen molar-refractivity contribution in [1.29, 1.82) is 0 Å².